The summed E-state index contributed by atoms with van der Waals surface area (Å²) in [6, 6.07) is 14.4. The number of amides is 2. The highest BCUT2D eigenvalue weighted by Gasteiger charge is 2.16. The normalized spacial score (nSPS) is 14.2. The predicted octanol–water partition coefficient (Wildman–Crippen LogP) is 4.66. The highest BCUT2D eigenvalue weighted by molar-refractivity contribution is 5.99. The number of nitrogens with one attached hydrogen (secondary N) is 2. The maximum Gasteiger partial charge on any atom is 0.323 e. The van der Waals surface area contributed by atoms with Gasteiger partial charge in [-0.2, -0.15) is 0 Å². The zero-order valence-electron chi connectivity index (χ0n) is 13.7. The molecule has 5 nitrogen and oxygen atoms in total. The molecule has 2 amide bonds. The van der Waals surface area contributed by atoms with Crippen molar-refractivity contribution in [2.45, 2.75) is 31.8 Å². The number of anilines is 2. The second kappa shape index (κ2) is 7.73. The predicted molar refractivity (Wildman–Crippen MR) is 95.0 cm³/mol. The van der Waals surface area contributed by atoms with Crippen LogP contribution >= 0.6 is 0 Å². The lowest BCUT2D eigenvalue weighted by molar-refractivity contribution is 0.210. The van der Waals surface area contributed by atoms with Gasteiger partial charge in [-0.1, -0.05) is 6.07 Å². The molecule has 0 aliphatic heterocycles. The van der Waals surface area contributed by atoms with Gasteiger partial charge in [0.1, 0.15) is 11.5 Å². The monoisotopic (exact) mass is 326 g/mol. The van der Waals surface area contributed by atoms with E-state index in [9.17, 15) is 4.79 Å². The van der Waals surface area contributed by atoms with Gasteiger partial charge < -0.3 is 20.1 Å². The number of urea groups is 1. The molecule has 5 heteroatoms. The number of hydrogen-bond donors (Lipinski definition) is 2. The van der Waals surface area contributed by atoms with Gasteiger partial charge in [0.2, 0.25) is 0 Å². The minimum Gasteiger partial charge on any atom is -0.497 e. The summed E-state index contributed by atoms with van der Waals surface area (Å²) in [7, 11) is 1.59. The molecule has 2 aromatic rings. The van der Waals surface area contributed by atoms with Gasteiger partial charge in [0, 0.05) is 17.4 Å². The molecule has 0 aromatic heterocycles. The van der Waals surface area contributed by atoms with Gasteiger partial charge in [-0.15, -0.1) is 0 Å². The number of carbonyl (C=O) groups excluding carboxylic acids is 1. The van der Waals surface area contributed by atoms with E-state index in [1.54, 1.807) is 19.2 Å². The van der Waals surface area contributed by atoms with Crippen molar-refractivity contribution in [3.05, 3.63) is 48.5 Å². The summed E-state index contributed by atoms with van der Waals surface area (Å²) >= 11 is 0. The van der Waals surface area contributed by atoms with Crippen LogP contribution < -0.4 is 20.1 Å². The highest BCUT2D eigenvalue weighted by atomic mass is 16.5. The Morgan fingerprint density at radius 2 is 1.67 bits per heavy atom. The lowest BCUT2D eigenvalue weighted by Gasteiger charge is -2.13. The Balaban J connectivity index is 1.53. The van der Waals surface area contributed by atoms with Crippen LogP contribution in [0.4, 0.5) is 16.2 Å². The molecule has 0 spiro atoms. The lowest BCUT2D eigenvalue weighted by Crippen LogP contribution is -2.19. The summed E-state index contributed by atoms with van der Waals surface area (Å²) in [6.07, 6.45) is 5.08. The van der Waals surface area contributed by atoms with Gasteiger partial charge in [0.25, 0.3) is 0 Å². The van der Waals surface area contributed by atoms with Crippen molar-refractivity contribution >= 4 is 17.4 Å². The van der Waals surface area contributed by atoms with E-state index in [0.717, 1.165) is 18.6 Å². The van der Waals surface area contributed by atoms with Crippen molar-refractivity contribution in [1.29, 1.82) is 0 Å². The van der Waals surface area contributed by atoms with Crippen molar-refractivity contribution in [3.8, 4) is 11.5 Å². The van der Waals surface area contributed by atoms with E-state index in [1.165, 1.54) is 12.8 Å². The Labute approximate surface area is 142 Å². The topological polar surface area (TPSA) is 59.6 Å². The Morgan fingerprint density at radius 3 is 2.38 bits per heavy atom. The van der Waals surface area contributed by atoms with Crippen LogP contribution in [-0.2, 0) is 0 Å². The fourth-order valence-corrected chi connectivity index (χ4v) is 2.81. The Morgan fingerprint density at radius 1 is 0.958 bits per heavy atom. The standard InChI is InChI=1S/C19H22N2O3/c1-23-18-8-4-5-15(13-18)21-19(22)20-14-9-11-17(12-10-14)24-16-6-2-3-7-16/h4-5,8-13,16H,2-3,6-7H2,1H3,(H2,20,21,22). The SMILES string of the molecule is COc1cccc(NC(=O)Nc2ccc(OC3CCCC3)cc2)c1. The molecule has 24 heavy (non-hydrogen) atoms. The molecule has 1 saturated carbocycles. The summed E-state index contributed by atoms with van der Waals surface area (Å²) in [5.41, 5.74) is 1.39. The molecule has 0 radical (unpaired) electrons. The number of benzene rings is 2. The molecule has 0 saturated heterocycles. The first-order valence-corrected chi connectivity index (χ1v) is 8.22. The minimum atomic E-state index is -0.298. The van der Waals surface area contributed by atoms with Gasteiger partial charge in [-0.05, 0) is 62.1 Å². The number of carbonyl (C=O) groups is 1. The third-order valence-corrected chi connectivity index (χ3v) is 4.04. The highest BCUT2D eigenvalue weighted by Crippen LogP contribution is 2.25. The van der Waals surface area contributed by atoms with Crippen LogP contribution in [-0.4, -0.2) is 19.2 Å². The molecule has 1 aliphatic carbocycles. The fraction of sp³-hybridized carbons (Fsp3) is 0.316. The van der Waals surface area contributed by atoms with Gasteiger partial charge in [-0.3, -0.25) is 0 Å². The number of methoxy groups -OCH3 is 1. The summed E-state index contributed by atoms with van der Waals surface area (Å²) in [5.74, 6) is 1.54. The van der Waals surface area contributed by atoms with E-state index in [2.05, 4.69) is 10.6 Å². The van der Waals surface area contributed by atoms with E-state index in [4.69, 9.17) is 9.47 Å². The first kappa shape index (κ1) is 16.2. The van der Waals surface area contributed by atoms with Crippen LogP contribution in [0.15, 0.2) is 48.5 Å². The Bertz CT molecular complexity index is 679. The molecule has 2 N–H and O–H groups in total. The van der Waals surface area contributed by atoms with Crippen molar-refractivity contribution in [1.82, 2.24) is 0 Å². The van der Waals surface area contributed by atoms with Crippen LogP contribution in [0, 0.1) is 0 Å². The van der Waals surface area contributed by atoms with Gasteiger partial charge in [-0.25, -0.2) is 4.79 Å². The molecular formula is C19H22N2O3. The molecule has 0 atom stereocenters. The van der Waals surface area contributed by atoms with Crippen molar-refractivity contribution < 1.29 is 14.3 Å². The molecular weight excluding hydrogens is 304 g/mol. The largest absolute Gasteiger partial charge is 0.497 e. The maximum absolute atomic E-state index is 12.1. The quantitative estimate of drug-likeness (QED) is 0.840. The molecule has 2 aromatic carbocycles. The third-order valence-electron chi connectivity index (χ3n) is 4.04. The number of ether oxygens (including phenoxy) is 2. The fourth-order valence-electron chi connectivity index (χ4n) is 2.81. The third kappa shape index (κ3) is 4.41. The van der Waals surface area contributed by atoms with E-state index < -0.39 is 0 Å². The Hall–Kier alpha value is -2.69. The second-order valence-electron chi connectivity index (χ2n) is 5.86. The van der Waals surface area contributed by atoms with E-state index in [1.807, 2.05) is 36.4 Å². The van der Waals surface area contributed by atoms with Crippen molar-refractivity contribution in [2.75, 3.05) is 17.7 Å². The molecule has 1 fully saturated rings. The number of rotatable bonds is 5. The number of hydrogen-bond acceptors (Lipinski definition) is 3. The average molecular weight is 326 g/mol. The van der Waals surface area contributed by atoms with Gasteiger partial charge in [0.05, 0.1) is 13.2 Å². The summed E-state index contributed by atoms with van der Waals surface area (Å²) in [4.78, 5) is 12.1. The van der Waals surface area contributed by atoms with Crippen LogP contribution in [0.5, 0.6) is 11.5 Å². The summed E-state index contributed by atoms with van der Waals surface area (Å²) < 4.78 is 11.1. The Kier molecular flexibility index (Phi) is 5.21. The average Bonchev–Trinajstić information content (AvgIpc) is 3.10. The molecule has 1 aliphatic rings. The molecule has 3 rings (SSSR count). The molecule has 0 heterocycles. The van der Waals surface area contributed by atoms with Crippen molar-refractivity contribution in [3.63, 3.8) is 0 Å². The first-order chi connectivity index (χ1) is 11.7. The molecule has 126 valence electrons. The van der Waals surface area contributed by atoms with Crippen LogP contribution in [0.3, 0.4) is 0 Å². The zero-order valence-corrected chi connectivity index (χ0v) is 13.7. The maximum atomic E-state index is 12.1. The first-order valence-electron chi connectivity index (χ1n) is 8.22. The molecule has 0 bridgehead atoms. The zero-order chi connectivity index (χ0) is 16.8. The van der Waals surface area contributed by atoms with Crippen LogP contribution in [0.25, 0.3) is 0 Å². The second-order valence-corrected chi connectivity index (χ2v) is 5.86. The van der Waals surface area contributed by atoms with E-state index in [0.29, 0.717) is 23.2 Å². The van der Waals surface area contributed by atoms with Gasteiger partial charge >= 0.3 is 6.03 Å². The van der Waals surface area contributed by atoms with Gasteiger partial charge in [0.15, 0.2) is 0 Å². The lowest BCUT2D eigenvalue weighted by atomic mass is 10.2. The summed E-state index contributed by atoms with van der Waals surface area (Å²) in [6.45, 7) is 0. The smallest absolute Gasteiger partial charge is 0.323 e. The van der Waals surface area contributed by atoms with Crippen LogP contribution in [0.2, 0.25) is 0 Å². The van der Waals surface area contributed by atoms with Crippen molar-refractivity contribution in [2.24, 2.45) is 0 Å². The summed E-state index contributed by atoms with van der Waals surface area (Å²) in [5, 5.41) is 5.58. The van der Waals surface area contributed by atoms with E-state index in [-0.39, 0.29) is 6.03 Å². The minimum absolute atomic E-state index is 0.298. The molecule has 0 unspecified atom stereocenters. The van der Waals surface area contributed by atoms with Crippen LogP contribution in [0.1, 0.15) is 25.7 Å². The van der Waals surface area contributed by atoms with E-state index >= 15 is 0 Å².